The maximum Gasteiger partial charge on any atom is 0.161 e. The van der Waals surface area contributed by atoms with Crippen LogP contribution in [0.5, 0.6) is 11.5 Å². The van der Waals surface area contributed by atoms with E-state index >= 15 is 0 Å². The van der Waals surface area contributed by atoms with Crippen molar-refractivity contribution in [3.63, 3.8) is 0 Å². The van der Waals surface area contributed by atoms with Crippen molar-refractivity contribution in [2.24, 2.45) is 0 Å². The second-order valence-corrected chi connectivity index (χ2v) is 4.31. The third kappa shape index (κ3) is 1.88. The molecule has 15 heavy (non-hydrogen) atoms. The summed E-state index contributed by atoms with van der Waals surface area (Å²) in [5, 5.41) is 0. The van der Waals surface area contributed by atoms with Gasteiger partial charge in [-0.05, 0) is 36.1 Å². The van der Waals surface area contributed by atoms with Gasteiger partial charge in [0.2, 0.25) is 0 Å². The van der Waals surface area contributed by atoms with Crippen LogP contribution in [-0.4, -0.2) is 14.2 Å². The normalized spacial score (nSPS) is 14.2. The third-order valence-electron chi connectivity index (χ3n) is 2.62. The van der Waals surface area contributed by atoms with Gasteiger partial charge in [-0.1, -0.05) is 22.0 Å². The van der Waals surface area contributed by atoms with Gasteiger partial charge in [-0.3, -0.25) is 0 Å². The Labute approximate surface area is 98.0 Å². The van der Waals surface area contributed by atoms with Crippen molar-refractivity contribution in [2.75, 3.05) is 14.2 Å². The lowest BCUT2D eigenvalue weighted by molar-refractivity contribution is 0.354. The molecule has 0 amide bonds. The first-order chi connectivity index (χ1) is 7.26. The molecule has 3 heteroatoms. The molecule has 0 aliphatic heterocycles. The van der Waals surface area contributed by atoms with Crippen LogP contribution >= 0.6 is 15.9 Å². The van der Waals surface area contributed by atoms with Gasteiger partial charge in [0.05, 0.1) is 14.2 Å². The minimum atomic E-state index is 0.757. The van der Waals surface area contributed by atoms with Crippen LogP contribution in [0.4, 0.5) is 0 Å². The average Bonchev–Trinajstić information content (AvgIpc) is 2.17. The first-order valence-corrected chi connectivity index (χ1v) is 5.66. The monoisotopic (exact) mass is 268 g/mol. The van der Waals surface area contributed by atoms with Crippen molar-refractivity contribution in [1.82, 2.24) is 0 Å². The summed E-state index contributed by atoms with van der Waals surface area (Å²) in [6, 6.07) is 3.97. The van der Waals surface area contributed by atoms with Crippen molar-refractivity contribution in [2.45, 2.75) is 12.8 Å². The number of hydrogen-bond acceptors (Lipinski definition) is 2. The first-order valence-electron chi connectivity index (χ1n) is 4.87. The van der Waals surface area contributed by atoms with Gasteiger partial charge in [-0.25, -0.2) is 0 Å². The Morgan fingerprint density at radius 2 is 1.73 bits per heavy atom. The molecule has 0 aromatic heterocycles. The van der Waals surface area contributed by atoms with Crippen molar-refractivity contribution < 1.29 is 9.47 Å². The summed E-state index contributed by atoms with van der Waals surface area (Å²) >= 11 is 3.55. The summed E-state index contributed by atoms with van der Waals surface area (Å²) in [4.78, 5) is 0. The first kappa shape index (κ1) is 10.6. The van der Waals surface area contributed by atoms with Gasteiger partial charge in [0, 0.05) is 4.47 Å². The highest BCUT2D eigenvalue weighted by atomic mass is 79.9. The molecule has 2 nitrogen and oxygen atoms in total. The Bertz CT molecular complexity index is 410. The predicted molar refractivity (Wildman–Crippen MR) is 64.5 cm³/mol. The van der Waals surface area contributed by atoms with E-state index in [0.29, 0.717) is 0 Å². The Hall–Kier alpha value is -0.960. The number of ether oxygens (including phenoxy) is 2. The zero-order valence-corrected chi connectivity index (χ0v) is 10.4. The largest absolute Gasteiger partial charge is 0.493 e. The van der Waals surface area contributed by atoms with Crippen LogP contribution in [0.2, 0.25) is 0 Å². The lowest BCUT2D eigenvalue weighted by Gasteiger charge is -2.18. The van der Waals surface area contributed by atoms with E-state index in [1.165, 1.54) is 17.6 Å². The zero-order chi connectivity index (χ0) is 10.8. The van der Waals surface area contributed by atoms with Crippen LogP contribution in [0.15, 0.2) is 22.7 Å². The van der Waals surface area contributed by atoms with E-state index in [-0.39, 0.29) is 0 Å². The van der Waals surface area contributed by atoms with E-state index in [2.05, 4.69) is 22.0 Å². The molecule has 0 N–H and O–H groups in total. The Morgan fingerprint density at radius 1 is 1.13 bits per heavy atom. The van der Waals surface area contributed by atoms with Gasteiger partial charge < -0.3 is 9.47 Å². The van der Waals surface area contributed by atoms with Gasteiger partial charge in [0.15, 0.2) is 11.5 Å². The van der Waals surface area contributed by atoms with Gasteiger partial charge in [0.25, 0.3) is 0 Å². The summed E-state index contributed by atoms with van der Waals surface area (Å²) in [5.41, 5.74) is 2.58. The minimum Gasteiger partial charge on any atom is -0.493 e. The molecular formula is C12H13BrO2. The molecule has 0 saturated heterocycles. The van der Waals surface area contributed by atoms with E-state index in [1.807, 2.05) is 12.1 Å². The smallest absolute Gasteiger partial charge is 0.161 e. The fourth-order valence-corrected chi connectivity index (χ4v) is 2.21. The lowest BCUT2D eigenvalue weighted by Crippen LogP contribution is -1.97. The second-order valence-electron chi connectivity index (χ2n) is 3.46. The van der Waals surface area contributed by atoms with E-state index in [4.69, 9.17) is 9.47 Å². The molecule has 1 aliphatic rings. The molecule has 1 aromatic carbocycles. The fourth-order valence-electron chi connectivity index (χ4n) is 1.63. The Morgan fingerprint density at radius 3 is 2.20 bits per heavy atom. The van der Waals surface area contributed by atoms with Gasteiger partial charge in [-0.15, -0.1) is 0 Å². The molecule has 1 aromatic rings. The standard InChI is InChI=1S/C12H13BrO2/c1-14-11-6-9(8-4-3-5-8)10(13)7-12(11)15-2/h4,6-7H,3,5H2,1-2H3. The lowest BCUT2D eigenvalue weighted by atomic mass is 9.92. The van der Waals surface area contributed by atoms with E-state index < -0.39 is 0 Å². The van der Waals surface area contributed by atoms with Crippen LogP contribution in [0.3, 0.4) is 0 Å². The molecule has 80 valence electrons. The molecule has 0 unspecified atom stereocenters. The van der Waals surface area contributed by atoms with Crippen molar-refractivity contribution in [3.05, 3.63) is 28.2 Å². The molecule has 0 heterocycles. The molecule has 2 rings (SSSR count). The summed E-state index contributed by atoms with van der Waals surface area (Å²) in [7, 11) is 3.30. The van der Waals surface area contributed by atoms with Gasteiger partial charge in [0.1, 0.15) is 0 Å². The van der Waals surface area contributed by atoms with Crippen LogP contribution in [0.25, 0.3) is 5.57 Å². The summed E-state index contributed by atoms with van der Waals surface area (Å²) in [6.07, 6.45) is 4.57. The van der Waals surface area contributed by atoms with Crippen LogP contribution in [0.1, 0.15) is 18.4 Å². The molecule has 0 bridgehead atoms. The van der Waals surface area contributed by atoms with E-state index in [1.54, 1.807) is 14.2 Å². The molecule has 0 saturated carbocycles. The molecule has 0 fully saturated rings. The molecule has 0 spiro atoms. The Balaban J connectivity index is 2.47. The summed E-state index contributed by atoms with van der Waals surface area (Å²) in [6.45, 7) is 0. The number of rotatable bonds is 3. The van der Waals surface area contributed by atoms with Crippen molar-refractivity contribution in [3.8, 4) is 11.5 Å². The van der Waals surface area contributed by atoms with Crippen LogP contribution < -0.4 is 9.47 Å². The number of methoxy groups -OCH3 is 2. The van der Waals surface area contributed by atoms with E-state index in [9.17, 15) is 0 Å². The van der Waals surface area contributed by atoms with Crippen LogP contribution in [-0.2, 0) is 0 Å². The van der Waals surface area contributed by atoms with E-state index in [0.717, 1.165) is 22.4 Å². The number of allylic oxidation sites excluding steroid dienone is 2. The fraction of sp³-hybridized carbons (Fsp3) is 0.333. The van der Waals surface area contributed by atoms with Crippen LogP contribution in [0, 0.1) is 0 Å². The second kappa shape index (κ2) is 4.27. The van der Waals surface area contributed by atoms with Crippen molar-refractivity contribution in [1.29, 1.82) is 0 Å². The quantitative estimate of drug-likeness (QED) is 0.834. The summed E-state index contributed by atoms with van der Waals surface area (Å²) in [5.74, 6) is 1.54. The van der Waals surface area contributed by atoms with Crippen molar-refractivity contribution >= 4 is 21.5 Å². The summed E-state index contributed by atoms with van der Waals surface area (Å²) < 4.78 is 11.6. The third-order valence-corrected chi connectivity index (χ3v) is 3.28. The number of halogens is 1. The van der Waals surface area contributed by atoms with Gasteiger partial charge >= 0.3 is 0 Å². The predicted octanol–water partition coefficient (Wildman–Crippen LogP) is 3.64. The Kier molecular flexibility index (Phi) is 3.00. The zero-order valence-electron chi connectivity index (χ0n) is 8.84. The highest BCUT2D eigenvalue weighted by Gasteiger charge is 2.15. The highest BCUT2D eigenvalue weighted by molar-refractivity contribution is 9.10. The molecular weight excluding hydrogens is 256 g/mol. The molecule has 1 aliphatic carbocycles. The minimum absolute atomic E-state index is 0.757. The molecule has 0 atom stereocenters. The van der Waals surface area contributed by atoms with Gasteiger partial charge in [-0.2, -0.15) is 0 Å². The molecule has 0 radical (unpaired) electrons. The topological polar surface area (TPSA) is 18.5 Å². The number of hydrogen-bond donors (Lipinski definition) is 0. The maximum absolute atomic E-state index is 5.28. The average molecular weight is 269 g/mol. The highest BCUT2D eigenvalue weighted by Crippen LogP contribution is 2.40. The number of benzene rings is 1. The SMILES string of the molecule is COc1cc(Br)c(C2=CCC2)cc1OC. The maximum atomic E-state index is 5.28.